The molecule has 1 aliphatic carbocycles. The fourth-order valence-electron chi connectivity index (χ4n) is 4.47. The first kappa shape index (κ1) is 25.9. The van der Waals surface area contributed by atoms with Crippen LogP contribution < -0.4 is 10.6 Å². The fraction of sp³-hybridized carbons (Fsp3) is 0.407. The van der Waals surface area contributed by atoms with E-state index in [0.717, 1.165) is 32.1 Å². The first-order chi connectivity index (χ1) is 15.8. The lowest BCUT2D eigenvalue weighted by molar-refractivity contribution is -0.114. The first-order valence-electron chi connectivity index (χ1n) is 11.2. The lowest BCUT2D eigenvalue weighted by Gasteiger charge is -2.29. The van der Waals surface area contributed by atoms with Crippen LogP contribution in [0, 0.1) is 24.1 Å². The number of halogens is 1. The summed E-state index contributed by atoms with van der Waals surface area (Å²) >= 11 is 0. The van der Waals surface area contributed by atoms with Crippen LogP contribution >= 0.6 is 0 Å². The highest BCUT2D eigenvalue weighted by molar-refractivity contribution is 6.09. The molecule has 3 rings (SSSR count). The van der Waals surface area contributed by atoms with Gasteiger partial charge >= 0.3 is 0 Å². The van der Waals surface area contributed by atoms with Gasteiger partial charge in [0.25, 0.3) is 5.91 Å². The van der Waals surface area contributed by atoms with Crippen LogP contribution in [0.5, 0.6) is 0 Å². The summed E-state index contributed by atoms with van der Waals surface area (Å²) in [4.78, 5) is 18.7. The monoisotopic (exact) mass is 451 g/mol. The minimum Gasteiger partial charge on any atom is -0.488 e. The summed E-state index contributed by atoms with van der Waals surface area (Å²) < 4.78 is 20.9. The van der Waals surface area contributed by atoms with Crippen LogP contribution in [0.1, 0.15) is 57.4 Å². The number of benzene rings is 1. The second-order valence-corrected chi connectivity index (χ2v) is 8.25. The Morgan fingerprint density at radius 3 is 2.61 bits per heavy atom. The highest BCUT2D eigenvalue weighted by Gasteiger charge is 2.32. The molecule has 1 saturated heterocycles. The number of hydrogen-bond acceptors (Lipinski definition) is 4. The molecule has 0 aromatic heterocycles. The van der Waals surface area contributed by atoms with Crippen LogP contribution in [0.15, 0.2) is 60.1 Å². The van der Waals surface area contributed by atoms with Crippen molar-refractivity contribution in [1.29, 1.82) is 0 Å². The molecule has 1 aromatic carbocycles. The molecule has 2 fully saturated rings. The summed E-state index contributed by atoms with van der Waals surface area (Å²) in [5, 5.41) is 0. The zero-order valence-corrected chi connectivity index (χ0v) is 19.6. The predicted octanol–water partition coefficient (Wildman–Crippen LogP) is 5.45. The normalized spacial score (nSPS) is 24.9. The zero-order valence-electron chi connectivity index (χ0n) is 19.6. The number of aliphatic imine (C=N–C) groups is 1. The Morgan fingerprint density at radius 2 is 2.03 bits per heavy atom. The van der Waals surface area contributed by atoms with E-state index in [1.165, 1.54) is 17.2 Å². The number of carbonyl (C=O) groups is 1. The highest BCUT2D eigenvalue weighted by atomic mass is 19.1. The van der Waals surface area contributed by atoms with E-state index < -0.39 is 5.91 Å². The maximum atomic E-state index is 15.1. The number of hydrogen-bond donors (Lipinski definition) is 1. The molecule has 2 aliphatic rings. The minimum atomic E-state index is -0.403. The molecule has 6 heteroatoms. The lowest BCUT2D eigenvalue weighted by Crippen LogP contribution is -2.36. The van der Waals surface area contributed by atoms with E-state index in [9.17, 15) is 4.79 Å². The molecule has 1 aliphatic heterocycles. The van der Waals surface area contributed by atoms with Crippen LogP contribution in [-0.2, 0) is 9.53 Å². The number of amides is 1. The lowest BCUT2D eigenvalue weighted by atomic mass is 9.77. The van der Waals surface area contributed by atoms with E-state index in [4.69, 9.17) is 16.9 Å². The third-order valence-electron chi connectivity index (χ3n) is 6.03. The molecular weight excluding hydrogens is 417 g/mol. The molecule has 5 nitrogen and oxygen atoms in total. The van der Waals surface area contributed by atoms with Crippen LogP contribution in [-0.4, -0.2) is 24.8 Å². The van der Waals surface area contributed by atoms with Gasteiger partial charge in [-0.3, -0.25) is 4.79 Å². The van der Waals surface area contributed by atoms with E-state index >= 15 is 4.39 Å². The third-order valence-corrected chi connectivity index (χ3v) is 6.03. The Morgan fingerprint density at radius 1 is 1.36 bits per heavy atom. The summed E-state index contributed by atoms with van der Waals surface area (Å²) in [6.07, 6.45) is 11.3. The molecule has 1 amide bonds. The molecule has 1 unspecified atom stereocenters. The summed E-state index contributed by atoms with van der Waals surface area (Å²) in [6, 6.07) is 5.02. The Kier molecular flexibility index (Phi) is 9.47. The van der Waals surface area contributed by atoms with Gasteiger partial charge in [-0.25, -0.2) is 9.38 Å². The number of ether oxygens (including phenoxy) is 1. The first-order valence-corrected chi connectivity index (χ1v) is 11.2. The van der Waals surface area contributed by atoms with E-state index in [2.05, 4.69) is 30.6 Å². The second kappa shape index (κ2) is 12.1. The quantitative estimate of drug-likeness (QED) is 0.286. The van der Waals surface area contributed by atoms with Gasteiger partial charge < -0.3 is 15.4 Å². The van der Waals surface area contributed by atoms with E-state index in [-0.39, 0.29) is 41.5 Å². The molecule has 1 heterocycles. The van der Waals surface area contributed by atoms with Crippen LogP contribution in [0.4, 0.5) is 10.1 Å². The number of rotatable bonds is 4. The molecule has 0 radical (unpaired) electrons. The Bertz CT molecular complexity index is 968. The SMILES string of the molecule is C#CCC1CCC(c2ccc(N3CC(C)OC(=C)/C(=C(N)\N=C/C)C3=O)cc2F)CC1.C=C. The van der Waals surface area contributed by atoms with Gasteiger partial charge in [0.15, 0.2) is 0 Å². The molecular formula is C27H34FN3O2. The molecule has 0 spiro atoms. The minimum absolute atomic E-state index is 0.0254. The number of nitrogens with two attached hydrogens (primary N) is 1. The number of terminal acetylenes is 1. The van der Waals surface area contributed by atoms with Gasteiger partial charge in [-0.15, -0.1) is 25.5 Å². The Balaban J connectivity index is 0.00000187. The second-order valence-electron chi connectivity index (χ2n) is 8.25. The van der Waals surface area contributed by atoms with E-state index in [1.54, 1.807) is 19.1 Å². The summed E-state index contributed by atoms with van der Waals surface area (Å²) in [5.41, 5.74) is 7.24. The average molecular weight is 452 g/mol. The van der Waals surface area contributed by atoms with Gasteiger partial charge in [0.1, 0.15) is 29.1 Å². The van der Waals surface area contributed by atoms with Crippen molar-refractivity contribution in [1.82, 2.24) is 0 Å². The predicted molar refractivity (Wildman–Crippen MR) is 133 cm³/mol. The Labute approximate surface area is 196 Å². The van der Waals surface area contributed by atoms with E-state index in [1.807, 2.05) is 6.92 Å². The highest BCUT2D eigenvalue weighted by Crippen LogP contribution is 2.39. The largest absolute Gasteiger partial charge is 0.488 e. The number of nitrogens with zero attached hydrogens (tertiary/aromatic N) is 2. The summed E-state index contributed by atoms with van der Waals surface area (Å²) in [6.45, 7) is 13.6. The van der Waals surface area contributed by atoms with Crippen molar-refractivity contribution < 1.29 is 13.9 Å². The maximum absolute atomic E-state index is 15.1. The summed E-state index contributed by atoms with van der Waals surface area (Å²) in [7, 11) is 0. The van der Waals surface area contributed by atoms with E-state index in [0.29, 0.717) is 17.2 Å². The van der Waals surface area contributed by atoms with Crippen LogP contribution in [0.2, 0.25) is 0 Å². The molecule has 1 saturated carbocycles. The van der Waals surface area contributed by atoms with Gasteiger partial charge in [0, 0.05) is 18.3 Å². The van der Waals surface area contributed by atoms with Crippen molar-refractivity contribution in [3.63, 3.8) is 0 Å². The van der Waals surface area contributed by atoms with Gasteiger partial charge in [-0.2, -0.15) is 0 Å². The summed E-state index contributed by atoms with van der Waals surface area (Å²) in [5.74, 6) is 2.94. The van der Waals surface area contributed by atoms with Crippen LogP contribution in [0.25, 0.3) is 0 Å². The van der Waals surface area contributed by atoms with Crippen molar-refractivity contribution >= 4 is 17.8 Å². The molecule has 2 N–H and O–H groups in total. The molecule has 33 heavy (non-hydrogen) atoms. The Hall–Kier alpha value is -3.33. The maximum Gasteiger partial charge on any atom is 0.265 e. The molecule has 176 valence electrons. The van der Waals surface area contributed by atoms with Crippen molar-refractivity contribution in [2.45, 2.75) is 58.0 Å². The van der Waals surface area contributed by atoms with Crippen molar-refractivity contribution in [2.75, 3.05) is 11.4 Å². The molecule has 1 atom stereocenters. The van der Waals surface area contributed by atoms with Crippen LogP contribution in [0.3, 0.4) is 0 Å². The number of carbonyl (C=O) groups excluding carboxylic acids is 1. The van der Waals surface area contributed by atoms with Crippen molar-refractivity contribution in [3.05, 3.63) is 66.5 Å². The van der Waals surface area contributed by atoms with Gasteiger partial charge in [-0.05, 0) is 69.1 Å². The van der Waals surface area contributed by atoms with Crippen molar-refractivity contribution in [2.24, 2.45) is 16.6 Å². The number of anilines is 1. The van der Waals surface area contributed by atoms with Gasteiger partial charge in [0.2, 0.25) is 0 Å². The third kappa shape index (κ3) is 6.13. The molecule has 0 bridgehead atoms. The molecule has 1 aromatic rings. The van der Waals surface area contributed by atoms with Crippen molar-refractivity contribution in [3.8, 4) is 12.3 Å². The topological polar surface area (TPSA) is 67.9 Å². The van der Waals surface area contributed by atoms with Gasteiger partial charge in [0.05, 0.1) is 6.54 Å². The fourth-order valence-corrected chi connectivity index (χ4v) is 4.47. The average Bonchev–Trinajstić information content (AvgIpc) is 2.91. The zero-order chi connectivity index (χ0) is 24.5. The smallest absolute Gasteiger partial charge is 0.265 e. The standard InChI is InChI=1S/C25H30FN3O2.C2H4/c1-5-7-18-8-10-19(11-9-18)21-13-12-20(14-22(21)26)29-15-16(3)31-17(4)23(25(29)30)24(27)28-6-2;1-2/h1,6,12-14,16,18-19H,4,7-11,15,27H2,2-3H3;1-2H2/b24-23+,28-6-;. The van der Waals surface area contributed by atoms with Gasteiger partial charge in [-0.1, -0.05) is 12.6 Å².